The van der Waals surface area contributed by atoms with Crippen LogP contribution in [0.1, 0.15) is 24.9 Å². The van der Waals surface area contributed by atoms with Crippen LogP contribution < -0.4 is 5.32 Å². The van der Waals surface area contributed by atoms with Crippen molar-refractivity contribution in [3.8, 4) is 5.75 Å². The fourth-order valence-electron chi connectivity index (χ4n) is 2.67. The van der Waals surface area contributed by atoms with Gasteiger partial charge in [0, 0.05) is 12.6 Å². The number of likely N-dealkylation sites (tertiary alicyclic amines) is 1. The molecule has 1 saturated heterocycles. The summed E-state index contributed by atoms with van der Waals surface area (Å²) in [5, 5.41) is 12.8. The van der Waals surface area contributed by atoms with Crippen molar-refractivity contribution in [2.75, 3.05) is 26.7 Å². The molecule has 2 unspecified atom stereocenters. The highest BCUT2D eigenvalue weighted by atomic mass is 16.3. The Kier molecular flexibility index (Phi) is 4.02. The van der Waals surface area contributed by atoms with E-state index in [0.29, 0.717) is 11.8 Å². The Balaban J connectivity index is 1.99. The SMILES string of the molecule is CNCC1CCN(C(C)c2cccc(O)c2)C1. The van der Waals surface area contributed by atoms with Gasteiger partial charge in [0.15, 0.2) is 0 Å². The van der Waals surface area contributed by atoms with Crippen molar-refractivity contribution in [2.24, 2.45) is 5.92 Å². The maximum absolute atomic E-state index is 9.51. The summed E-state index contributed by atoms with van der Waals surface area (Å²) >= 11 is 0. The number of hydrogen-bond donors (Lipinski definition) is 2. The number of nitrogens with zero attached hydrogens (tertiary/aromatic N) is 1. The Labute approximate surface area is 103 Å². The molecule has 0 aromatic heterocycles. The molecule has 0 aliphatic carbocycles. The van der Waals surface area contributed by atoms with Gasteiger partial charge >= 0.3 is 0 Å². The van der Waals surface area contributed by atoms with Crippen LogP contribution >= 0.6 is 0 Å². The molecule has 94 valence electrons. The first kappa shape index (κ1) is 12.4. The van der Waals surface area contributed by atoms with Crippen LogP contribution in [0.25, 0.3) is 0 Å². The smallest absolute Gasteiger partial charge is 0.115 e. The molecule has 3 heteroatoms. The van der Waals surface area contributed by atoms with Gasteiger partial charge in [-0.1, -0.05) is 12.1 Å². The zero-order valence-corrected chi connectivity index (χ0v) is 10.7. The quantitative estimate of drug-likeness (QED) is 0.836. The van der Waals surface area contributed by atoms with Gasteiger partial charge in [-0.05, 0) is 57.1 Å². The van der Waals surface area contributed by atoms with Crippen molar-refractivity contribution in [3.63, 3.8) is 0 Å². The monoisotopic (exact) mass is 234 g/mol. The van der Waals surface area contributed by atoms with Crippen LogP contribution in [-0.2, 0) is 0 Å². The van der Waals surface area contributed by atoms with Crippen molar-refractivity contribution < 1.29 is 5.11 Å². The minimum Gasteiger partial charge on any atom is -0.508 e. The van der Waals surface area contributed by atoms with Crippen LogP contribution in [-0.4, -0.2) is 36.7 Å². The lowest BCUT2D eigenvalue weighted by Crippen LogP contribution is -2.27. The highest BCUT2D eigenvalue weighted by Crippen LogP contribution is 2.28. The van der Waals surface area contributed by atoms with Crippen molar-refractivity contribution in [2.45, 2.75) is 19.4 Å². The molecule has 1 aliphatic rings. The number of phenolic OH excluding ortho intramolecular Hbond substituents is 1. The van der Waals surface area contributed by atoms with Crippen molar-refractivity contribution in [3.05, 3.63) is 29.8 Å². The van der Waals surface area contributed by atoms with Crippen molar-refractivity contribution in [1.29, 1.82) is 0 Å². The zero-order chi connectivity index (χ0) is 12.3. The molecule has 0 amide bonds. The normalized spacial score (nSPS) is 22.8. The summed E-state index contributed by atoms with van der Waals surface area (Å²) in [7, 11) is 2.02. The molecule has 2 rings (SSSR count). The van der Waals surface area contributed by atoms with Gasteiger partial charge < -0.3 is 10.4 Å². The van der Waals surface area contributed by atoms with E-state index < -0.39 is 0 Å². The lowest BCUT2D eigenvalue weighted by molar-refractivity contribution is 0.252. The second-order valence-electron chi connectivity index (χ2n) is 4.98. The largest absolute Gasteiger partial charge is 0.508 e. The highest BCUT2D eigenvalue weighted by molar-refractivity contribution is 5.29. The average Bonchev–Trinajstić information content (AvgIpc) is 2.77. The Hall–Kier alpha value is -1.06. The summed E-state index contributed by atoms with van der Waals surface area (Å²) in [6.45, 7) is 5.63. The second-order valence-corrected chi connectivity index (χ2v) is 4.98. The van der Waals surface area contributed by atoms with Gasteiger partial charge in [-0.15, -0.1) is 0 Å². The van der Waals surface area contributed by atoms with E-state index in [2.05, 4.69) is 23.2 Å². The van der Waals surface area contributed by atoms with E-state index in [1.807, 2.05) is 19.2 Å². The van der Waals surface area contributed by atoms with E-state index in [4.69, 9.17) is 0 Å². The van der Waals surface area contributed by atoms with Crippen LogP contribution in [0.15, 0.2) is 24.3 Å². The average molecular weight is 234 g/mol. The molecular formula is C14H22N2O. The molecule has 1 heterocycles. The van der Waals surface area contributed by atoms with Gasteiger partial charge in [-0.3, -0.25) is 4.90 Å². The third-order valence-corrected chi connectivity index (χ3v) is 3.71. The predicted octanol–water partition coefficient (Wildman–Crippen LogP) is 1.99. The molecule has 2 N–H and O–H groups in total. The molecule has 1 fully saturated rings. The van der Waals surface area contributed by atoms with E-state index in [1.54, 1.807) is 6.07 Å². The van der Waals surface area contributed by atoms with Gasteiger partial charge in [-0.2, -0.15) is 0 Å². The number of benzene rings is 1. The maximum atomic E-state index is 9.51. The first-order valence-electron chi connectivity index (χ1n) is 6.38. The minimum atomic E-state index is 0.361. The molecule has 0 radical (unpaired) electrons. The van der Waals surface area contributed by atoms with Crippen molar-refractivity contribution in [1.82, 2.24) is 10.2 Å². The first-order chi connectivity index (χ1) is 8.20. The predicted molar refractivity (Wildman–Crippen MR) is 70.1 cm³/mol. The molecule has 0 bridgehead atoms. The summed E-state index contributed by atoms with van der Waals surface area (Å²) in [5.41, 5.74) is 1.20. The molecule has 3 nitrogen and oxygen atoms in total. The van der Waals surface area contributed by atoms with Crippen LogP contribution in [0.2, 0.25) is 0 Å². The number of nitrogens with one attached hydrogen (secondary N) is 1. The second kappa shape index (κ2) is 5.52. The summed E-state index contributed by atoms with van der Waals surface area (Å²) in [6, 6.07) is 8.00. The van der Waals surface area contributed by atoms with E-state index in [9.17, 15) is 5.11 Å². The molecule has 1 aromatic carbocycles. The summed E-state index contributed by atoms with van der Waals surface area (Å²) in [5.74, 6) is 1.13. The van der Waals surface area contributed by atoms with Gasteiger partial charge in [0.1, 0.15) is 5.75 Å². The molecule has 1 aliphatic heterocycles. The van der Waals surface area contributed by atoms with E-state index in [0.717, 1.165) is 25.6 Å². The van der Waals surface area contributed by atoms with Gasteiger partial charge in [0.25, 0.3) is 0 Å². The molecule has 1 aromatic rings. The van der Waals surface area contributed by atoms with Crippen LogP contribution in [0.3, 0.4) is 0 Å². The molecular weight excluding hydrogens is 212 g/mol. The van der Waals surface area contributed by atoms with Crippen LogP contribution in [0.5, 0.6) is 5.75 Å². The molecule has 2 atom stereocenters. The number of phenols is 1. The summed E-state index contributed by atoms with van der Waals surface area (Å²) in [4.78, 5) is 2.50. The van der Waals surface area contributed by atoms with Crippen LogP contribution in [0, 0.1) is 5.92 Å². The fourth-order valence-corrected chi connectivity index (χ4v) is 2.67. The van der Waals surface area contributed by atoms with Gasteiger partial charge in [0.2, 0.25) is 0 Å². The number of rotatable bonds is 4. The van der Waals surface area contributed by atoms with E-state index in [1.165, 1.54) is 12.0 Å². The Morgan fingerprint density at radius 1 is 1.53 bits per heavy atom. The Bertz CT molecular complexity index is 367. The number of aromatic hydroxyl groups is 1. The Morgan fingerprint density at radius 3 is 3.06 bits per heavy atom. The molecule has 0 saturated carbocycles. The standard InChI is InChI=1S/C14H22N2O/c1-11(13-4-3-5-14(17)8-13)16-7-6-12(10-16)9-15-2/h3-5,8,11-12,15,17H,6-7,9-10H2,1-2H3. The summed E-state index contributed by atoms with van der Waals surface area (Å²) < 4.78 is 0. The lowest BCUT2D eigenvalue weighted by atomic mass is 10.1. The topological polar surface area (TPSA) is 35.5 Å². The third kappa shape index (κ3) is 2.99. The lowest BCUT2D eigenvalue weighted by Gasteiger charge is -2.24. The Morgan fingerprint density at radius 2 is 2.35 bits per heavy atom. The van der Waals surface area contributed by atoms with Crippen LogP contribution in [0.4, 0.5) is 0 Å². The fraction of sp³-hybridized carbons (Fsp3) is 0.571. The highest BCUT2D eigenvalue weighted by Gasteiger charge is 2.26. The van der Waals surface area contributed by atoms with Gasteiger partial charge in [0.05, 0.1) is 0 Å². The zero-order valence-electron chi connectivity index (χ0n) is 10.7. The first-order valence-corrected chi connectivity index (χ1v) is 6.38. The summed E-state index contributed by atoms with van der Waals surface area (Å²) in [6.07, 6.45) is 1.27. The minimum absolute atomic E-state index is 0.361. The van der Waals surface area contributed by atoms with Gasteiger partial charge in [-0.25, -0.2) is 0 Å². The maximum Gasteiger partial charge on any atom is 0.115 e. The van der Waals surface area contributed by atoms with E-state index in [-0.39, 0.29) is 0 Å². The number of hydrogen-bond acceptors (Lipinski definition) is 3. The third-order valence-electron chi connectivity index (χ3n) is 3.71. The molecule has 17 heavy (non-hydrogen) atoms. The van der Waals surface area contributed by atoms with E-state index >= 15 is 0 Å². The molecule has 0 spiro atoms. The van der Waals surface area contributed by atoms with Crippen molar-refractivity contribution >= 4 is 0 Å².